The molecule has 4 rings (SSSR count). The molecule has 0 atom stereocenters. The first-order valence-electron chi connectivity index (χ1n) is 8.51. The number of hydrogen-bond donors (Lipinski definition) is 1. The molecule has 0 spiro atoms. The van der Waals surface area contributed by atoms with E-state index in [1.165, 1.54) is 0 Å². The van der Waals surface area contributed by atoms with Gasteiger partial charge in [-0.15, -0.1) is 0 Å². The molecule has 0 fully saturated rings. The number of nitrogens with zero attached hydrogens (tertiary/aromatic N) is 4. The molecule has 1 N–H and O–H groups in total. The van der Waals surface area contributed by atoms with Crippen molar-refractivity contribution < 1.29 is 9.32 Å². The zero-order valence-corrected chi connectivity index (χ0v) is 13.8. The summed E-state index contributed by atoms with van der Waals surface area (Å²) in [5.41, 5.74) is 2.22. The van der Waals surface area contributed by atoms with E-state index in [2.05, 4.69) is 20.4 Å². The van der Waals surface area contributed by atoms with Crippen LogP contribution in [0.5, 0.6) is 0 Å². The van der Waals surface area contributed by atoms with Gasteiger partial charge in [-0.2, -0.15) is 0 Å². The molecule has 1 aliphatic rings. The standard InChI is InChI=1S/C18H19N5O2/c24-18(16-13-5-1-2-7-15(13)25-22-16)21-10-12-23-11-9-20-17(23)14-6-3-4-8-19-14/h3-4,6,8-9,11H,1-2,5,7,10,12H2,(H,21,24). The van der Waals surface area contributed by atoms with Crippen LogP contribution < -0.4 is 5.32 Å². The molecule has 3 aromatic heterocycles. The minimum atomic E-state index is -0.175. The second kappa shape index (κ2) is 6.88. The van der Waals surface area contributed by atoms with E-state index in [4.69, 9.17) is 4.52 Å². The first kappa shape index (κ1) is 15.6. The number of aryl methyl sites for hydroxylation is 1. The van der Waals surface area contributed by atoms with Crippen LogP contribution in [0.4, 0.5) is 0 Å². The van der Waals surface area contributed by atoms with E-state index in [9.17, 15) is 4.79 Å². The third-order valence-corrected chi connectivity index (χ3v) is 4.41. The first-order valence-corrected chi connectivity index (χ1v) is 8.51. The highest BCUT2D eigenvalue weighted by atomic mass is 16.5. The largest absolute Gasteiger partial charge is 0.360 e. The zero-order valence-electron chi connectivity index (χ0n) is 13.8. The number of carbonyl (C=O) groups excluding carboxylic acids is 1. The van der Waals surface area contributed by atoms with Crippen LogP contribution in [0.2, 0.25) is 0 Å². The SMILES string of the molecule is O=C(NCCn1ccnc1-c1ccccn1)c1noc2c1CCCC2. The Morgan fingerprint density at radius 1 is 1.20 bits per heavy atom. The fourth-order valence-corrected chi connectivity index (χ4v) is 3.15. The maximum atomic E-state index is 12.4. The lowest BCUT2D eigenvalue weighted by atomic mass is 9.96. The van der Waals surface area contributed by atoms with Crippen molar-refractivity contribution in [3.05, 3.63) is 53.8 Å². The maximum absolute atomic E-state index is 12.4. The Morgan fingerprint density at radius 3 is 3.00 bits per heavy atom. The molecule has 3 aromatic rings. The van der Waals surface area contributed by atoms with E-state index in [-0.39, 0.29) is 5.91 Å². The number of rotatable bonds is 5. The number of carbonyl (C=O) groups is 1. The predicted octanol–water partition coefficient (Wildman–Crippen LogP) is 2.24. The van der Waals surface area contributed by atoms with Crippen LogP contribution in [0.3, 0.4) is 0 Å². The van der Waals surface area contributed by atoms with Crippen molar-refractivity contribution in [2.45, 2.75) is 32.2 Å². The van der Waals surface area contributed by atoms with Crippen molar-refractivity contribution >= 4 is 5.91 Å². The third-order valence-electron chi connectivity index (χ3n) is 4.41. The first-order chi connectivity index (χ1) is 12.3. The van der Waals surface area contributed by atoms with Crippen LogP contribution in [-0.2, 0) is 19.4 Å². The van der Waals surface area contributed by atoms with Gasteiger partial charge in [0.25, 0.3) is 5.91 Å². The Labute approximate surface area is 145 Å². The molecule has 7 nitrogen and oxygen atoms in total. The lowest BCUT2D eigenvalue weighted by molar-refractivity contribution is 0.0942. The summed E-state index contributed by atoms with van der Waals surface area (Å²) in [6.45, 7) is 1.09. The van der Waals surface area contributed by atoms with Crippen molar-refractivity contribution in [1.82, 2.24) is 25.0 Å². The average Bonchev–Trinajstić information content (AvgIpc) is 3.29. The van der Waals surface area contributed by atoms with Crippen LogP contribution in [0.15, 0.2) is 41.3 Å². The van der Waals surface area contributed by atoms with E-state index in [0.29, 0.717) is 18.8 Å². The molecule has 0 saturated heterocycles. The lowest BCUT2D eigenvalue weighted by Crippen LogP contribution is -2.28. The van der Waals surface area contributed by atoms with Gasteiger partial charge in [0.15, 0.2) is 11.5 Å². The molecular formula is C18H19N5O2. The molecule has 1 aliphatic carbocycles. The molecule has 0 unspecified atom stereocenters. The smallest absolute Gasteiger partial charge is 0.273 e. The zero-order chi connectivity index (χ0) is 17.1. The van der Waals surface area contributed by atoms with Gasteiger partial charge in [0.1, 0.15) is 11.5 Å². The molecule has 25 heavy (non-hydrogen) atoms. The Kier molecular flexibility index (Phi) is 4.28. The highest BCUT2D eigenvalue weighted by Crippen LogP contribution is 2.24. The molecule has 7 heteroatoms. The number of fused-ring (bicyclic) bond motifs is 1. The number of amides is 1. The summed E-state index contributed by atoms with van der Waals surface area (Å²) in [4.78, 5) is 21.1. The van der Waals surface area contributed by atoms with Crippen LogP contribution in [0.25, 0.3) is 11.5 Å². The highest BCUT2D eigenvalue weighted by molar-refractivity contribution is 5.93. The minimum absolute atomic E-state index is 0.175. The van der Waals surface area contributed by atoms with Crippen LogP contribution in [0, 0.1) is 0 Å². The molecule has 0 radical (unpaired) electrons. The summed E-state index contributed by atoms with van der Waals surface area (Å²) in [6.07, 6.45) is 9.28. The van der Waals surface area contributed by atoms with Crippen molar-refractivity contribution in [3.63, 3.8) is 0 Å². The quantitative estimate of drug-likeness (QED) is 0.772. The lowest BCUT2D eigenvalue weighted by Gasteiger charge is -2.10. The van der Waals surface area contributed by atoms with Gasteiger partial charge in [-0.05, 0) is 31.4 Å². The molecule has 0 aromatic carbocycles. The van der Waals surface area contributed by atoms with E-state index in [1.807, 2.05) is 29.0 Å². The molecule has 3 heterocycles. The molecule has 0 bridgehead atoms. The summed E-state index contributed by atoms with van der Waals surface area (Å²) in [7, 11) is 0. The molecule has 1 amide bonds. The predicted molar refractivity (Wildman–Crippen MR) is 90.9 cm³/mol. The second-order valence-electron chi connectivity index (χ2n) is 6.06. The van der Waals surface area contributed by atoms with Gasteiger partial charge in [0.2, 0.25) is 0 Å². The van der Waals surface area contributed by atoms with Gasteiger partial charge < -0.3 is 14.4 Å². The van der Waals surface area contributed by atoms with Crippen LogP contribution >= 0.6 is 0 Å². The molecule has 128 valence electrons. The monoisotopic (exact) mass is 337 g/mol. The fourth-order valence-electron chi connectivity index (χ4n) is 3.15. The Morgan fingerprint density at radius 2 is 2.12 bits per heavy atom. The van der Waals surface area contributed by atoms with Crippen LogP contribution in [0.1, 0.15) is 34.7 Å². The van der Waals surface area contributed by atoms with Crippen molar-refractivity contribution in [2.24, 2.45) is 0 Å². The third kappa shape index (κ3) is 3.17. The fraction of sp³-hybridized carbons (Fsp3) is 0.333. The summed E-state index contributed by atoms with van der Waals surface area (Å²) in [5, 5.41) is 6.88. The highest BCUT2D eigenvalue weighted by Gasteiger charge is 2.23. The normalized spacial score (nSPS) is 13.4. The Hall–Kier alpha value is -2.96. The number of nitrogens with one attached hydrogen (secondary N) is 1. The van der Waals surface area contributed by atoms with Gasteiger partial charge in [-0.1, -0.05) is 11.2 Å². The Bertz CT molecular complexity index is 869. The van der Waals surface area contributed by atoms with E-state index in [0.717, 1.165) is 48.5 Å². The second-order valence-corrected chi connectivity index (χ2v) is 6.06. The number of pyridine rings is 1. The topological polar surface area (TPSA) is 85.8 Å². The number of hydrogen-bond acceptors (Lipinski definition) is 5. The van der Waals surface area contributed by atoms with Crippen molar-refractivity contribution in [3.8, 4) is 11.5 Å². The van der Waals surface area contributed by atoms with Gasteiger partial charge in [-0.3, -0.25) is 9.78 Å². The van der Waals surface area contributed by atoms with Gasteiger partial charge in [0.05, 0.1) is 0 Å². The van der Waals surface area contributed by atoms with Crippen LogP contribution in [-0.4, -0.2) is 32.1 Å². The minimum Gasteiger partial charge on any atom is -0.360 e. The van der Waals surface area contributed by atoms with E-state index in [1.54, 1.807) is 12.4 Å². The van der Waals surface area contributed by atoms with Gasteiger partial charge >= 0.3 is 0 Å². The summed E-state index contributed by atoms with van der Waals surface area (Å²) < 4.78 is 7.28. The molecular weight excluding hydrogens is 318 g/mol. The van der Waals surface area contributed by atoms with E-state index < -0.39 is 0 Å². The Balaban J connectivity index is 1.40. The van der Waals surface area contributed by atoms with E-state index >= 15 is 0 Å². The van der Waals surface area contributed by atoms with Crippen molar-refractivity contribution in [1.29, 1.82) is 0 Å². The summed E-state index contributed by atoms with van der Waals surface area (Å²) >= 11 is 0. The average molecular weight is 337 g/mol. The molecule has 0 saturated carbocycles. The number of aromatic nitrogens is 4. The summed E-state index contributed by atoms with van der Waals surface area (Å²) in [5.74, 6) is 1.48. The molecule has 0 aliphatic heterocycles. The maximum Gasteiger partial charge on any atom is 0.273 e. The summed E-state index contributed by atoms with van der Waals surface area (Å²) in [6, 6.07) is 5.71. The van der Waals surface area contributed by atoms with Gasteiger partial charge in [0, 0.05) is 43.7 Å². The number of imidazole rings is 1. The van der Waals surface area contributed by atoms with Crippen molar-refractivity contribution in [2.75, 3.05) is 6.54 Å². The van der Waals surface area contributed by atoms with Gasteiger partial charge in [-0.25, -0.2) is 4.98 Å².